The van der Waals surface area contributed by atoms with E-state index in [-0.39, 0.29) is 5.71 Å². The molecule has 11 heteroatoms. The molecule has 0 saturated heterocycles. The summed E-state index contributed by atoms with van der Waals surface area (Å²) in [5.41, 5.74) is 4.33. The highest BCUT2D eigenvalue weighted by Gasteiger charge is 2.37. The monoisotopic (exact) mass is 529 g/mol. The molecule has 2 aromatic rings. The van der Waals surface area contributed by atoms with Crippen LogP contribution in [-0.2, 0) is 4.74 Å². The number of hydrazone groups is 1. The van der Waals surface area contributed by atoms with Crippen molar-refractivity contribution in [2.45, 2.75) is 27.8 Å². The predicted octanol–water partition coefficient (Wildman–Crippen LogP) is 6.82. The van der Waals surface area contributed by atoms with Crippen LogP contribution in [0.5, 0.6) is 5.75 Å². The van der Waals surface area contributed by atoms with E-state index in [1.807, 2.05) is 50.2 Å². The minimum Gasteiger partial charge on any atom is -0.465 e. The van der Waals surface area contributed by atoms with Crippen molar-refractivity contribution in [2.24, 2.45) is 5.10 Å². The van der Waals surface area contributed by atoms with E-state index in [2.05, 4.69) is 10.5 Å². The van der Waals surface area contributed by atoms with Crippen LogP contribution < -0.4 is 10.2 Å². The van der Waals surface area contributed by atoms with E-state index in [1.54, 1.807) is 6.08 Å². The van der Waals surface area contributed by atoms with E-state index in [1.165, 1.54) is 0 Å². The Hall–Kier alpha value is -0.790. The molecule has 1 atom stereocenters. The first-order valence-corrected chi connectivity index (χ1v) is 11.1. The molecular weight excluding hydrogens is 515 g/mol. The molecule has 3 rings (SSSR count). The Kier molecular flexibility index (Phi) is 7.45. The van der Waals surface area contributed by atoms with Gasteiger partial charge in [-0.15, -0.1) is 0 Å². The summed E-state index contributed by atoms with van der Waals surface area (Å²) in [6, 6.07) is 11.4. The summed E-state index contributed by atoms with van der Waals surface area (Å²) in [6.45, 7) is 4.28. The predicted molar refractivity (Wildman–Crippen MR) is 127 cm³/mol. The van der Waals surface area contributed by atoms with Crippen LogP contribution in [0.1, 0.15) is 19.4 Å². The third kappa shape index (κ3) is 5.52. The van der Waals surface area contributed by atoms with Gasteiger partial charge < -0.3 is 9.47 Å². The lowest BCUT2D eigenvalue weighted by Gasteiger charge is -2.33. The van der Waals surface area contributed by atoms with Gasteiger partial charge in [-0.25, -0.2) is 0 Å². The summed E-state index contributed by atoms with van der Waals surface area (Å²) in [7, 11) is 0. The number of nitrogens with one attached hydrogen (secondary N) is 1. The van der Waals surface area contributed by atoms with Crippen molar-refractivity contribution in [3.8, 4) is 5.75 Å². The van der Waals surface area contributed by atoms with Crippen LogP contribution >= 0.6 is 69.6 Å². The average Bonchev–Trinajstić information content (AvgIpc) is 2.67. The molecule has 0 aromatic heterocycles. The Morgan fingerprint density at radius 3 is 2.30 bits per heavy atom. The van der Waals surface area contributed by atoms with Crippen LogP contribution in [0.3, 0.4) is 0 Å². The smallest absolute Gasteiger partial charge is 0.301 e. The van der Waals surface area contributed by atoms with Crippen LogP contribution in [-0.4, -0.2) is 31.4 Å². The van der Waals surface area contributed by atoms with Gasteiger partial charge in [0.2, 0.25) is 3.79 Å². The van der Waals surface area contributed by atoms with E-state index in [0.29, 0.717) is 18.1 Å². The van der Waals surface area contributed by atoms with E-state index in [4.69, 9.17) is 79.1 Å². The highest BCUT2D eigenvalue weighted by molar-refractivity contribution is 6.77. The summed E-state index contributed by atoms with van der Waals surface area (Å²) in [5, 5.41) is 6.82. The highest BCUT2D eigenvalue weighted by Crippen LogP contribution is 2.39. The number of nitrogens with zero attached hydrogens (tertiary/aromatic N) is 2. The van der Waals surface area contributed by atoms with E-state index < -0.39 is 14.0 Å². The molecule has 0 fully saturated rings. The molecule has 1 N–H and O–H groups in total. The van der Waals surface area contributed by atoms with Crippen molar-refractivity contribution in [1.82, 2.24) is 10.5 Å². The Labute approximate surface area is 204 Å². The quantitative estimate of drug-likeness (QED) is 0.261. The number of hydrazine groups is 1. The van der Waals surface area contributed by atoms with Gasteiger partial charge in [-0.3, -0.25) is 5.43 Å². The zero-order chi connectivity index (χ0) is 22.1. The number of rotatable bonds is 5. The number of allylic oxidation sites excluding steroid dienone is 1. The third-order valence-corrected chi connectivity index (χ3v) is 5.18. The third-order valence-electron chi connectivity index (χ3n) is 4.11. The van der Waals surface area contributed by atoms with Gasteiger partial charge in [0.25, 0.3) is 0 Å². The molecule has 5 nitrogen and oxygen atoms in total. The Balaban J connectivity index is 2.10. The van der Waals surface area contributed by atoms with E-state index >= 15 is 0 Å². The molecule has 0 radical (unpaired) electrons. The molecule has 162 valence electrons. The van der Waals surface area contributed by atoms with Gasteiger partial charge >= 0.3 is 3.92 Å². The van der Waals surface area contributed by atoms with Crippen molar-refractivity contribution < 1.29 is 9.47 Å². The molecule has 1 aliphatic heterocycles. The van der Waals surface area contributed by atoms with Crippen molar-refractivity contribution in [1.29, 1.82) is 0 Å². The first-order valence-electron chi connectivity index (χ1n) is 8.82. The van der Waals surface area contributed by atoms with E-state index in [9.17, 15) is 0 Å². The first kappa shape index (κ1) is 23.9. The van der Waals surface area contributed by atoms with Gasteiger partial charge in [0, 0.05) is 17.6 Å². The largest absolute Gasteiger partial charge is 0.465 e. The number of fused-ring (bicyclic) bond motifs is 1. The molecular formula is C19H17Cl6N3O2. The SMILES string of the molecule is CCOC(C)Oc1ccc(C2=CC(C(Cl)(Cl)Cl)=NN(C(Cl)(Cl)Cl)N2)c2ccccc12. The van der Waals surface area contributed by atoms with Crippen LogP contribution in [0.25, 0.3) is 16.5 Å². The fourth-order valence-corrected chi connectivity index (χ4v) is 3.42. The van der Waals surface area contributed by atoms with Crippen molar-refractivity contribution in [3.63, 3.8) is 0 Å². The summed E-state index contributed by atoms with van der Waals surface area (Å²) in [5.74, 6) is 0.667. The van der Waals surface area contributed by atoms with Crippen LogP contribution in [0.2, 0.25) is 0 Å². The second-order valence-corrected chi connectivity index (χ2v) is 10.7. The number of hydrogen-bond acceptors (Lipinski definition) is 5. The van der Waals surface area contributed by atoms with Crippen molar-refractivity contribution in [2.75, 3.05) is 6.61 Å². The maximum atomic E-state index is 6.05. The Bertz CT molecular complexity index is 984. The van der Waals surface area contributed by atoms with Gasteiger partial charge in [-0.2, -0.15) is 10.2 Å². The van der Waals surface area contributed by atoms with Crippen LogP contribution in [0, 0.1) is 0 Å². The molecule has 1 unspecified atom stereocenters. The average molecular weight is 532 g/mol. The molecule has 0 spiro atoms. The first-order chi connectivity index (χ1) is 14.0. The topological polar surface area (TPSA) is 46.1 Å². The standard InChI is InChI=1S/C19H17Cl6N3O2/c1-3-29-11(2)30-16-9-8-13(12-6-4-5-7-14(12)16)15-10-17(18(20,21)22)27-28(26-15)19(23,24)25/h4-11,26H,3H2,1-2H3. The molecule has 0 amide bonds. The lowest BCUT2D eigenvalue weighted by atomic mass is 10.0. The van der Waals surface area contributed by atoms with Crippen molar-refractivity contribution in [3.05, 3.63) is 48.0 Å². The molecule has 1 heterocycles. The van der Waals surface area contributed by atoms with Crippen molar-refractivity contribution >= 4 is 91.8 Å². The number of hydrogen-bond donors (Lipinski definition) is 1. The fourth-order valence-electron chi connectivity index (χ4n) is 2.90. The molecule has 1 aliphatic rings. The molecule has 30 heavy (non-hydrogen) atoms. The maximum absolute atomic E-state index is 6.05. The van der Waals surface area contributed by atoms with Crippen LogP contribution in [0.4, 0.5) is 0 Å². The summed E-state index contributed by atoms with van der Waals surface area (Å²) in [6.07, 6.45) is 1.18. The fraction of sp³-hybridized carbons (Fsp3) is 0.316. The number of benzene rings is 2. The minimum absolute atomic E-state index is 0.0851. The van der Waals surface area contributed by atoms with E-state index in [0.717, 1.165) is 21.5 Å². The molecule has 0 aliphatic carbocycles. The minimum atomic E-state index is -1.92. The summed E-state index contributed by atoms with van der Waals surface area (Å²) < 4.78 is 7.68. The lowest BCUT2D eigenvalue weighted by Crippen LogP contribution is -2.45. The second-order valence-electron chi connectivity index (χ2n) is 6.23. The normalized spacial score (nSPS) is 16.1. The number of halogens is 6. The summed E-state index contributed by atoms with van der Waals surface area (Å²) >= 11 is 36.2. The summed E-state index contributed by atoms with van der Waals surface area (Å²) in [4.78, 5) is 0. The van der Waals surface area contributed by atoms with Crippen LogP contribution in [0.15, 0.2) is 47.6 Å². The van der Waals surface area contributed by atoms with Gasteiger partial charge in [0.15, 0.2) is 6.29 Å². The zero-order valence-corrected chi connectivity index (χ0v) is 20.3. The van der Waals surface area contributed by atoms with Gasteiger partial charge in [-0.1, -0.05) is 93.9 Å². The zero-order valence-electron chi connectivity index (χ0n) is 15.8. The van der Waals surface area contributed by atoms with Gasteiger partial charge in [0.1, 0.15) is 11.5 Å². The number of ether oxygens (including phenoxy) is 2. The molecule has 0 saturated carbocycles. The molecule has 0 bridgehead atoms. The van der Waals surface area contributed by atoms with Gasteiger partial charge in [0.05, 0.1) is 5.70 Å². The lowest BCUT2D eigenvalue weighted by molar-refractivity contribution is -0.0605. The molecule has 2 aromatic carbocycles. The van der Waals surface area contributed by atoms with Gasteiger partial charge in [-0.05, 0) is 37.4 Å². The Morgan fingerprint density at radius 1 is 1.03 bits per heavy atom. The number of alkyl halides is 6. The highest BCUT2D eigenvalue weighted by atomic mass is 35.6. The maximum Gasteiger partial charge on any atom is 0.301 e. The second kappa shape index (κ2) is 9.37. The Morgan fingerprint density at radius 2 is 1.70 bits per heavy atom.